The standard InChI is InChI=1S/C18H17ClN2O3S/c19-18-12-16(22)9-8-15(18)11-17(13-20)25(23,24)21-10-4-7-14-5-2-1-3-6-14/h1-3,5-6,8-9,11-12,21-22H,4,7,10H2/b17-11-. The van der Waals surface area contributed by atoms with Crippen LogP contribution in [0.1, 0.15) is 17.5 Å². The van der Waals surface area contributed by atoms with Crippen molar-refractivity contribution >= 4 is 27.7 Å². The van der Waals surface area contributed by atoms with E-state index in [2.05, 4.69) is 4.72 Å². The molecule has 0 aromatic heterocycles. The van der Waals surface area contributed by atoms with Crippen molar-refractivity contribution in [1.29, 1.82) is 5.26 Å². The Bertz CT molecular complexity index is 904. The van der Waals surface area contributed by atoms with Crippen molar-refractivity contribution < 1.29 is 13.5 Å². The number of allylic oxidation sites excluding steroid dienone is 1. The minimum Gasteiger partial charge on any atom is -0.508 e. The van der Waals surface area contributed by atoms with Gasteiger partial charge < -0.3 is 5.11 Å². The number of hydrogen-bond acceptors (Lipinski definition) is 4. The Morgan fingerprint density at radius 3 is 2.60 bits per heavy atom. The molecule has 0 bridgehead atoms. The van der Waals surface area contributed by atoms with Crippen molar-refractivity contribution in [1.82, 2.24) is 4.72 Å². The summed E-state index contributed by atoms with van der Waals surface area (Å²) in [6.45, 7) is 0.222. The van der Waals surface area contributed by atoms with Crippen LogP contribution in [0.2, 0.25) is 5.02 Å². The lowest BCUT2D eigenvalue weighted by Gasteiger charge is -2.06. The molecule has 0 aliphatic heterocycles. The zero-order valence-electron chi connectivity index (χ0n) is 13.3. The molecule has 0 aliphatic carbocycles. The first-order valence-electron chi connectivity index (χ1n) is 7.56. The first-order valence-corrected chi connectivity index (χ1v) is 9.42. The number of hydrogen-bond donors (Lipinski definition) is 2. The molecule has 130 valence electrons. The van der Waals surface area contributed by atoms with Crippen molar-refractivity contribution in [2.24, 2.45) is 0 Å². The summed E-state index contributed by atoms with van der Waals surface area (Å²) < 4.78 is 26.9. The van der Waals surface area contributed by atoms with Gasteiger partial charge in [0.2, 0.25) is 0 Å². The van der Waals surface area contributed by atoms with E-state index < -0.39 is 14.9 Å². The lowest BCUT2D eigenvalue weighted by molar-refractivity contribution is 0.475. The van der Waals surface area contributed by atoms with Crippen molar-refractivity contribution in [3.63, 3.8) is 0 Å². The molecule has 2 aromatic carbocycles. The van der Waals surface area contributed by atoms with Gasteiger partial charge in [-0.25, -0.2) is 13.1 Å². The fourth-order valence-corrected chi connectivity index (χ4v) is 3.37. The number of aromatic hydroxyl groups is 1. The largest absolute Gasteiger partial charge is 0.508 e. The van der Waals surface area contributed by atoms with Crippen LogP contribution in [0.4, 0.5) is 0 Å². The highest BCUT2D eigenvalue weighted by molar-refractivity contribution is 7.93. The van der Waals surface area contributed by atoms with E-state index in [9.17, 15) is 18.8 Å². The predicted molar refractivity (Wildman–Crippen MR) is 98.4 cm³/mol. The van der Waals surface area contributed by atoms with Crippen LogP contribution in [0.25, 0.3) is 6.08 Å². The smallest absolute Gasteiger partial charge is 0.250 e. The maximum absolute atomic E-state index is 12.3. The number of phenols is 1. The minimum absolute atomic E-state index is 0.0393. The maximum atomic E-state index is 12.3. The molecule has 0 saturated heterocycles. The van der Waals surface area contributed by atoms with Gasteiger partial charge in [-0.1, -0.05) is 41.9 Å². The van der Waals surface area contributed by atoms with Crippen LogP contribution in [0.3, 0.4) is 0 Å². The Hall–Kier alpha value is -2.33. The number of aryl methyl sites for hydroxylation is 1. The molecule has 0 fully saturated rings. The topological polar surface area (TPSA) is 90.2 Å². The molecule has 0 unspecified atom stereocenters. The third kappa shape index (κ3) is 5.61. The quantitative estimate of drug-likeness (QED) is 0.572. The average molecular weight is 377 g/mol. The Kier molecular flexibility index (Phi) is 6.59. The Morgan fingerprint density at radius 2 is 1.96 bits per heavy atom. The van der Waals surface area contributed by atoms with Crippen LogP contribution < -0.4 is 4.72 Å². The van der Waals surface area contributed by atoms with E-state index in [1.165, 1.54) is 24.3 Å². The van der Waals surface area contributed by atoms with Crippen LogP contribution in [0.15, 0.2) is 53.4 Å². The van der Waals surface area contributed by atoms with Gasteiger partial charge in [-0.05, 0) is 48.2 Å². The molecule has 0 radical (unpaired) electrons. The summed E-state index contributed by atoms with van der Waals surface area (Å²) in [6, 6.07) is 15.5. The number of benzene rings is 2. The highest BCUT2D eigenvalue weighted by atomic mass is 35.5. The number of nitrogens with one attached hydrogen (secondary N) is 1. The Labute approximate surface area is 152 Å². The van der Waals surface area contributed by atoms with Gasteiger partial charge in [-0.2, -0.15) is 5.26 Å². The van der Waals surface area contributed by atoms with E-state index in [-0.39, 0.29) is 17.3 Å². The van der Waals surface area contributed by atoms with E-state index in [1.54, 1.807) is 6.07 Å². The molecule has 5 nitrogen and oxygen atoms in total. The van der Waals surface area contributed by atoms with E-state index in [4.69, 9.17) is 11.6 Å². The Morgan fingerprint density at radius 1 is 1.24 bits per heavy atom. The highest BCUT2D eigenvalue weighted by Crippen LogP contribution is 2.24. The molecular formula is C18H17ClN2O3S. The molecule has 7 heteroatoms. The molecule has 2 aromatic rings. The van der Waals surface area contributed by atoms with Crippen LogP contribution in [-0.4, -0.2) is 20.1 Å². The van der Waals surface area contributed by atoms with Gasteiger partial charge in [0.05, 0.1) is 5.02 Å². The van der Waals surface area contributed by atoms with Gasteiger partial charge in [-0.3, -0.25) is 0 Å². The highest BCUT2D eigenvalue weighted by Gasteiger charge is 2.17. The van der Waals surface area contributed by atoms with Gasteiger partial charge >= 0.3 is 0 Å². The Balaban J connectivity index is 2.03. The molecule has 0 aliphatic rings. The van der Waals surface area contributed by atoms with Gasteiger partial charge in [-0.15, -0.1) is 0 Å². The van der Waals surface area contributed by atoms with Crippen molar-refractivity contribution in [2.75, 3.05) is 6.54 Å². The number of sulfonamides is 1. The van der Waals surface area contributed by atoms with E-state index in [0.29, 0.717) is 12.0 Å². The molecule has 0 atom stereocenters. The van der Waals surface area contributed by atoms with E-state index >= 15 is 0 Å². The van der Waals surface area contributed by atoms with E-state index in [0.717, 1.165) is 12.0 Å². The molecular weight excluding hydrogens is 360 g/mol. The number of nitrogens with zero attached hydrogens (tertiary/aromatic N) is 1. The molecule has 0 amide bonds. The lowest BCUT2D eigenvalue weighted by atomic mass is 10.1. The second-order valence-electron chi connectivity index (χ2n) is 5.31. The summed E-state index contributed by atoms with van der Waals surface area (Å²) in [4.78, 5) is -0.431. The van der Waals surface area contributed by atoms with Gasteiger partial charge in [0.1, 0.15) is 11.8 Å². The molecule has 0 heterocycles. The predicted octanol–water partition coefficient (Wildman–Crippen LogP) is 3.46. The average Bonchev–Trinajstić information content (AvgIpc) is 2.59. The zero-order valence-corrected chi connectivity index (χ0v) is 14.9. The lowest BCUT2D eigenvalue weighted by Crippen LogP contribution is -2.26. The zero-order chi connectivity index (χ0) is 18.3. The number of rotatable bonds is 7. The fourth-order valence-electron chi connectivity index (χ4n) is 2.17. The van der Waals surface area contributed by atoms with Crippen molar-refractivity contribution in [3.8, 4) is 11.8 Å². The monoisotopic (exact) mass is 376 g/mol. The summed E-state index contributed by atoms with van der Waals surface area (Å²) in [6.07, 6.45) is 2.53. The molecule has 2 rings (SSSR count). The number of phenolic OH excluding ortho intramolecular Hbond substituents is 1. The maximum Gasteiger partial charge on any atom is 0.250 e. The third-order valence-electron chi connectivity index (χ3n) is 3.45. The summed E-state index contributed by atoms with van der Waals surface area (Å²) in [7, 11) is -3.92. The molecule has 0 saturated carbocycles. The first kappa shape index (κ1) is 19.0. The molecule has 2 N–H and O–H groups in total. The van der Waals surface area contributed by atoms with Crippen LogP contribution in [-0.2, 0) is 16.4 Å². The fraction of sp³-hybridized carbons (Fsp3) is 0.167. The first-order chi connectivity index (χ1) is 11.9. The van der Waals surface area contributed by atoms with E-state index in [1.807, 2.05) is 30.3 Å². The third-order valence-corrected chi connectivity index (χ3v) is 5.15. The van der Waals surface area contributed by atoms with Gasteiger partial charge in [0, 0.05) is 6.54 Å². The van der Waals surface area contributed by atoms with Crippen LogP contribution >= 0.6 is 11.6 Å². The summed E-state index contributed by atoms with van der Waals surface area (Å²) in [5.74, 6) is -0.0393. The van der Waals surface area contributed by atoms with Crippen LogP contribution in [0, 0.1) is 11.3 Å². The van der Waals surface area contributed by atoms with Crippen LogP contribution in [0.5, 0.6) is 5.75 Å². The SMILES string of the molecule is N#C/C(=C/c1ccc(O)cc1Cl)S(=O)(=O)NCCCc1ccccc1. The summed E-state index contributed by atoms with van der Waals surface area (Å²) in [5.41, 5.74) is 1.46. The second-order valence-corrected chi connectivity index (χ2v) is 7.46. The van der Waals surface area contributed by atoms with Gasteiger partial charge in [0.25, 0.3) is 10.0 Å². The number of halogens is 1. The summed E-state index contributed by atoms with van der Waals surface area (Å²) >= 11 is 5.95. The van der Waals surface area contributed by atoms with Gasteiger partial charge in [0.15, 0.2) is 4.91 Å². The van der Waals surface area contributed by atoms with Crippen molar-refractivity contribution in [3.05, 3.63) is 69.6 Å². The number of nitriles is 1. The van der Waals surface area contributed by atoms with Crippen molar-refractivity contribution in [2.45, 2.75) is 12.8 Å². The normalized spacial score (nSPS) is 11.9. The molecule has 25 heavy (non-hydrogen) atoms. The minimum atomic E-state index is -3.92. The summed E-state index contributed by atoms with van der Waals surface area (Å²) in [5, 5.41) is 18.7. The molecule has 0 spiro atoms. The second kappa shape index (κ2) is 8.67.